The lowest BCUT2D eigenvalue weighted by molar-refractivity contribution is -0.153. The fourth-order valence-electron chi connectivity index (χ4n) is 3.35. The summed E-state index contributed by atoms with van der Waals surface area (Å²) in [5.41, 5.74) is 1.42. The van der Waals surface area contributed by atoms with E-state index in [9.17, 15) is 19.2 Å². The van der Waals surface area contributed by atoms with Crippen LogP contribution in [0.1, 0.15) is 49.1 Å². The topological polar surface area (TPSA) is 77.5 Å². The van der Waals surface area contributed by atoms with Gasteiger partial charge in [0.15, 0.2) is 0 Å². The van der Waals surface area contributed by atoms with Crippen molar-refractivity contribution in [2.24, 2.45) is 5.92 Å². The van der Waals surface area contributed by atoms with Crippen molar-refractivity contribution in [2.75, 3.05) is 0 Å². The van der Waals surface area contributed by atoms with Gasteiger partial charge in [-0.05, 0) is 17.5 Å². The van der Waals surface area contributed by atoms with E-state index in [1.165, 1.54) is 0 Å². The van der Waals surface area contributed by atoms with Gasteiger partial charge >= 0.3 is 11.9 Å². The van der Waals surface area contributed by atoms with Crippen LogP contribution in [-0.2, 0) is 23.9 Å². The van der Waals surface area contributed by atoms with Crippen LogP contribution in [0.3, 0.4) is 0 Å². The van der Waals surface area contributed by atoms with Crippen LogP contribution < -0.4 is 0 Å². The van der Waals surface area contributed by atoms with Gasteiger partial charge in [0.25, 0.3) is 0 Å². The molecule has 1 saturated heterocycles. The Balaban J connectivity index is 1.99. The fraction of sp³-hybridized carbons (Fsp3) is 0.412. The van der Waals surface area contributed by atoms with Crippen molar-refractivity contribution in [2.45, 2.75) is 38.0 Å². The summed E-state index contributed by atoms with van der Waals surface area (Å²) in [5.74, 6) is -3.17. The van der Waals surface area contributed by atoms with Gasteiger partial charge in [-0.15, -0.1) is 0 Å². The molecule has 1 aromatic rings. The van der Waals surface area contributed by atoms with E-state index < -0.39 is 29.7 Å². The quantitative estimate of drug-likeness (QED) is 0.627. The lowest BCUT2D eigenvalue weighted by Crippen LogP contribution is -2.30. The predicted molar refractivity (Wildman–Crippen MR) is 76.1 cm³/mol. The van der Waals surface area contributed by atoms with Crippen molar-refractivity contribution in [3.8, 4) is 0 Å². The number of ether oxygens (including phenoxy) is 1. The number of carbonyl (C=O) groups is 4. The van der Waals surface area contributed by atoms with Crippen LogP contribution in [0.5, 0.6) is 0 Å². The summed E-state index contributed by atoms with van der Waals surface area (Å²) in [6.07, 6.45) is 0.421. The summed E-state index contributed by atoms with van der Waals surface area (Å²) < 4.78 is 4.74. The van der Waals surface area contributed by atoms with Gasteiger partial charge in [0.1, 0.15) is 11.6 Å². The molecule has 2 aliphatic rings. The van der Waals surface area contributed by atoms with Gasteiger partial charge in [0, 0.05) is 12.3 Å². The molecule has 1 aromatic carbocycles. The zero-order valence-electron chi connectivity index (χ0n) is 12.2. The highest BCUT2D eigenvalue weighted by molar-refractivity contribution is 6.05. The van der Waals surface area contributed by atoms with Crippen LogP contribution in [0.25, 0.3) is 0 Å². The van der Waals surface area contributed by atoms with Crippen molar-refractivity contribution in [3.63, 3.8) is 0 Å². The first-order chi connectivity index (χ1) is 10.5. The smallest absolute Gasteiger partial charge is 0.321 e. The molecule has 0 N–H and O–H groups in total. The molecular weight excluding hydrogens is 284 g/mol. The van der Waals surface area contributed by atoms with Crippen molar-refractivity contribution in [1.29, 1.82) is 0 Å². The number of esters is 2. The molecule has 0 spiro atoms. The molecule has 0 saturated carbocycles. The molecule has 3 unspecified atom stereocenters. The third-order valence-electron chi connectivity index (χ3n) is 4.51. The first kappa shape index (κ1) is 14.6. The van der Waals surface area contributed by atoms with Crippen molar-refractivity contribution in [3.05, 3.63) is 35.4 Å². The third kappa shape index (κ3) is 2.26. The molecule has 1 aliphatic carbocycles. The SMILES string of the molecule is CCC(=O)CC(=O)C1CC2C(=O)OC(=O)C2c2ccccc21. The normalized spacial score (nSPS) is 26.1. The fourth-order valence-corrected chi connectivity index (χ4v) is 3.35. The zero-order chi connectivity index (χ0) is 15.9. The Morgan fingerprint density at radius 1 is 1.14 bits per heavy atom. The Bertz CT molecular complexity index is 675. The van der Waals surface area contributed by atoms with Gasteiger partial charge in [0.2, 0.25) is 0 Å². The summed E-state index contributed by atoms with van der Waals surface area (Å²) in [6, 6.07) is 7.12. The van der Waals surface area contributed by atoms with Crippen molar-refractivity contribution >= 4 is 23.5 Å². The number of hydrogen-bond donors (Lipinski definition) is 0. The van der Waals surface area contributed by atoms with Crippen LogP contribution in [0, 0.1) is 5.92 Å². The van der Waals surface area contributed by atoms with E-state index in [4.69, 9.17) is 4.74 Å². The van der Waals surface area contributed by atoms with Gasteiger partial charge in [-0.3, -0.25) is 19.2 Å². The predicted octanol–water partition coefficient (Wildman–Crippen LogP) is 1.90. The number of ketones is 2. The summed E-state index contributed by atoms with van der Waals surface area (Å²) in [7, 11) is 0. The molecule has 3 rings (SSSR count). The summed E-state index contributed by atoms with van der Waals surface area (Å²) >= 11 is 0. The van der Waals surface area contributed by atoms with E-state index in [-0.39, 0.29) is 24.4 Å². The molecule has 0 radical (unpaired) electrons. The maximum absolute atomic E-state index is 12.4. The molecule has 22 heavy (non-hydrogen) atoms. The highest BCUT2D eigenvalue weighted by Gasteiger charge is 2.51. The number of fused-ring (bicyclic) bond motifs is 3. The average molecular weight is 300 g/mol. The first-order valence-electron chi connectivity index (χ1n) is 7.41. The Morgan fingerprint density at radius 3 is 2.50 bits per heavy atom. The van der Waals surface area contributed by atoms with Gasteiger partial charge < -0.3 is 4.74 Å². The zero-order valence-corrected chi connectivity index (χ0v) is 12.2. The summed E-state index contributed by atoms with van der Waals surface area (Å²) in [5, 5.41) is 0. The van der Waals surface area contributed by atoms with Gasteiger partial charge in [-0.1, -0.05) is 31.2 Å². The Labute approximate surface area is 127 Å². The molecule has 1 aliphatic heterocycles. The number of cyclic esters (lactones) is 2. The minimum absolute atomic E-state index is 0.116. The average Bonchev–Trinajstić information content (AvgIpc) is 2.81. The Hall–Kier alpha value is -2.30. The molecule has 1 heterocycles. The van der Waals surface area contributed by atoms with E-state index >= 15 is 0 Å². The minimum atomic E-state index is -0.618. The standard InChI is InChI=1S/C17H16O5/c1-2-9(18)7-14(19)12-8-13-15(17(21)22-16(13)20)11-6-4-3-5-10(11)12/h3-6,12-13,15H,2,7-8H2,1H3. The monoisotopic (exact) mass is 300 g/mol. The van der Waals surface area contributed by atoms with E-state index in [2.05, 4.69) is 0 Å². The molecule has 0 aromatic heterocycles. The van der Waals surface area contributed by atoms with Gasteiger partial charge in [-0.25, -0.2) is 0 Å². The lowest BCUT2D eigenvalue weighted by atomic mass is 9.69. The van der Waals surface area contributed by atoms with E-state index in [1.54, 1.807) is 31.2 Å². The number of rotatable bonds is 4. The Kier molecular flexibility index (Phi) is 3.64. The van der Waals surface area contributed by atoms with Crippen LogP contribution in [0.4, 0.5) is 0 Å². The third-order valence-corrected chi connectivity index (χ3v) is 4.51. The molecular formula is C17H16O5. The molecule has 1 fully saturated rings. The number of carbonyl (C=O) groups excluding carboxylic acids is 4. The van der Waals surface area contributed by atoms with Crippen LogP contribution in [0.15, 0.2) is 24.3 Å². The summed E-state index contributed by atoms with van der Waals surface area (Å²) in [6.45, 7) is 1.72. The maximum Gasteiger partial charge on any atom is 0.321 e. The van der Waals surface area contributed by atoms with Crippen LogP contribution in [-0.4, -0.2) is 23.5 Å². The largest absolute Gasteiger partial charge is 0.392 e. The van der Waals surface area contributed by atoms with Crippen molar-refractivity contribution < 1.29 is 23.9 Å². The molecule has 5 heteroatoms. The van der Waals surface area contributed by atoms with Crippen molar-refractivity contribution in [1.82, 2.24) is 0 Å². The molecule has 3 atom stereocenters. The minimum Gasteiger partial charge on any atom is -0.392 e. The molecule has 5 nitrogen and oxygen atoms in total. The molecule has 114 valence electrons. The molecule has 0 amide bonds. The summed E-state index contributed by atoms with van der Waals surface area (Å²) in [4.78, 5) is 47.8. The number of benzene rings is 1. The van der Waals surface area contributed by atoms with E-state index in [0.717, 1.165) is 5.56 Å². The van der Waals surface area contributed by atoms with E-state index in [1.807, 2.05) is 0 Å². The first-order valence-corrected chi connectivity index (χ1v) is 7.41. The second-order valence-electron chi connectivity index (χ2n) is 5.78. The van der Waals surface area contributed by atoms with E-state index in [0.29, 0.717) is 12.0 Å². The number of Topliss-reactive ketones (excluding diaryl/α,β-unsaturated/α-hetero) is 2. The van der Waals surface area contributed by atoms with Crippen LogP contribution in [0.2, 0.25) is 0 Å². The highest BCUT2D eigenvalue weighted by atomic mass is 16.6. The second kappa shape index (κ2) is 5.48. The lowest BCUT2D eigenvalue weighted by Gasteiger charge is -2.29. The van der Waals surface area contributed by atoms with Gasteiger partial charge in [0.05, 0.1) is 18.3 Å². The maximum atomic E-state index is 12.4. The molecule has 0 bridgehead atoms. The second-order valence-corrected chi connectivity index (χ2v) is 5.78. The highest BCUT2D eigenvalue weighted by Crippen LogP contribution is 2.47. The Morgan fingerprint density at radius 2 is 1.82 bits per heavy atom. The van der Waals surface area contributed by atoms with Gasteiger partial charge in [-0.2, -0.15) is 0 Å². The van der Waals surface area contributed by atoms with Crippen LogP contribution >= 0.6 is 0 Å². The number of hydrogen-bond acceptors (Lipinski definition) is 5.